The molecule has 1 aromatic carbocycles. The number of pyridine rings is 1. The lowest BCUT2D eigenvalue weighted by Gasteiger charge is -2.35. The Bertz CT molecular complexity index is 1830. The number of aliphatic carboxylic acids is 1. The molecule has 50 heavy (non-hydrogen) atoms. The molecule has 1 aliphatic heterocycles. The van der Waals surface area contributed by atoms with E-state index in [4.69, 9.17) is 19.2 Å². The number of carboxylic acid groups (broad SMARTS) is 1. The molecule has 2 fully saturated rings. The van der Waals surface area contributed by atoms with E-state index in [0.29, 0.717) is 33.8 Å². The Kier molecular flexibility index (Phi) is 9.90. The second kappa shape index (κ2) is 13.5. The van der Waals surface area contributed by atoms with Gasteiger partial charge in [0.25, 0.3) is 0 Å². The van der Waals surface area contributed by atoms with Crippen molar-refractivity contribution in [1.82, 2.24) is 25.5 Å². The zero-order valence-electron chi connectivity index (χ0n) is 29.7. The predicted octanol–water partition coefficient (Wildman–Crippen LogP) is 5.11. The normalized spacial score (nSPS) is 22.4. The highest BCUT2D eigenvalue weighted by Gasteiger charge is 2.61. The number of ether oxygens (including phenoxy) is 3. The number of amides is 3. The van der Waals surface area contributed by atoms with Crippen LogP contribution in [0.2, 0.25) is 0 Å². The number of carboxylic acids is 1. The van der Waals surface area contributed by atoms with Crippen LogP contribution in [0.5, 0.6) is 11.5 Å². The summed E-state index contributed by atoms with van der Waals surface area (Å²) in [5.74, 6) is -1.73. The highest BCUT2D eigenvalue weighted by atomic mass is 32.1. The maximum atomic E-state index is 14.4. The molecule has 3 N–H and O–H groups in total. The van der Waals surface area contributed by atoms with E-state index in [-0.39, 0.29) is 19.4 Å². The number of benzene rings is 1. The zero-order valence-corrected chi connectivity index (χ0v) is 30.5. The molecular weight excluding hydrogens is 662 g/mol. The first kappa shape index (κ1) is 36.6. The Hall–Kier alpha value is -4.72. The molecule has 5 rings (SSSR count). The average Bonchev–Trinajstić information content (AvgIpc) is 3.32. The van der Waals surface area contributed by atoms with Gasteiger partial charge in [-0.15, -0.1) is 17.9 Å². The van der Waals surface area contributed by atoms with Gasteiger partial charge < -0.3 is 34.9 Å². The van der Waals surface area contributed by atoms with Crippen LogP contribution in [-0.4, -0.2) is 86.8 Å². The number of carbonyl (C=O) groups excluding carboxylic acids is 3. The predicted molar refractivity (Wildman–Crippen MR) is 188 cm³/mol. The molecule has 3 aromatic rings. The van der Waals surface area contributed by atoms with Crippen molar-refractivity contribution in [3.8, 4) is 22.9 Å². The first-order chi connectivity index (χ1) is 23.3. The van der Waals surface area contributed by atoms with Crippen molar-refractivity contribution in [1.29, 1.82) is 0 Å². The zero-order chi connectivity index (χ0) is 36.8. The van der Waals surface area contributed by atoms with Crippen LogP contribution >= 0.6 is 11.3 Å². The Morgan fingerprint density at radius 3 is 2.40 bits per heavy atom. The van der Waals surface area contributed by atoms with E-state index >= 15 is 0 Å². The van der Waals surface area contributed by atoms with Gasteiger partial charge in [0, 0.05) is 35.2 Å². The lowest BCUT2D eigenvalue weighted by atomic mass is 9.85. The van der Waals surface area contributed by atoms with Crippen molar-refractivity contribution < 1.29 is 38.5 Å². The van der Waals surface area contributed by atoms with Gasteiger partial charge in [0.2, 0.25) is 11.8 Å². The van der Waals surface area contributed by atoms with Crippen LogP contribution in [-0.2, 0) is 19.1 Å². The fourth-order valence-corrected chi connectivity index (χ4v) is 6.73. The van der Waals surface area contributed by atoms with Crippen LogP contribution in [0.15, 0.2) is 42.3 Å². The molecule has 14 heteroatoms. The van der Waals surface area contributed by atoms with Crippen molar-refractivity contribution in [3.63, 3.8) is 0 Å². The minimum Gasteiger partial charge on any atom is -0.497 e. The molecule has 3 heterocycles. The maximum absolute atomic E-state index is 14.4. The third-order valence-electron chi connectivity index (χ3n) is 8.80. The molecule has 0 bridgehead atoms. The molecule has 0 spiro atoms. The molecule has 1 saturated carbocycles. The van der Waals surface area contributed by atoms with Crippen molar-refractivity contribution in [3.05, 3.63) is 47.3 Å². The van der Waals surface area contributed by atoms with E-state index < -0.39 is 64.5 Å². The number of nitrogens with one attached hydrogen (secondary N) is 2. The summed E-state index contributed by atoms with van der Waals surface area (Å²) in [5, 5.41) is 18.9. The van der Waals surface area contributed by atoms with Gasteiger partial charge in [0.1, 0.15) is 40.8 Å². The quantitative estimate of drug-likeness (QED) is 0.241. The summed E-state index contributed by atoms with van der Waals surface area (Å²) >= 11 is 1.49. The van der Waals surface area contributed by atoms with Crippen LogP contribution in [0.4, 0.5) is 4.79 Å². The Balaban J connectivity index is 1.51. The van der Waals surface area contributed by atoms with Gasteiger partial charge in [-0.25, -0.2) is 19.6 Å². The molecule has 268 valence electrons. The molecule has 1 aliphatic carbocycles. The molecule has 2 aliphatic rings. The summed E-state index contributed by atoms with van der Waals surface area (Å²) < 4.78 is 17.5. The average molecular weight is 708 g/mol. The number of likely N-dealkylation sites (tertiary alicyclic amines) is 1. The summed E-state index contributed by atoms with van der Waals surface area (Å²) in [6.07, 6.45) is 0.279. The molecule has 1 unspecified atom stereocenters. The van der Waals surface area contributed by atoms with Crippen molar-refractivity contribution in [2.24, 2.45) is 11.3 Å². The van der Waals surface area contributed by atoms with Gasteiger partial charge in [0.05, 0.1) is 35.6 Å². The fraction of sp³-hybridized carbons (Fsp3) is 0.500. The number of fused-ring (bicyclic) bond motifs is 1. The van der Waals surface area contributed by atoms with E-state index in [9.17, 15) is 24.3 Å². The van der Waals surface area contributed by atoms with E-state index in [2.05, 4.69) is 22.2 Å². The van der Waals surface area contributed by atoms with E-state index in [1.807, 2.05) is 18.4 Å². The SMILES string of the molecule is C=C[C@H]1CC1(NC(=O)[C@@H]1C[C@@H](Oc2cc(-c3csc(C)n3)nc3cc(OC)ccc23)CN1C(=O)[C@@H](NC(=O)OC(C)(C)C)C(C)(C)C)C(=O)O. The van der Waals surface area contributed by atoms with Crippen LogP contribution < -0.4 is 20.1 Å². The van der Waals surface area contributed by atoms with Crippen molar-refractivity contribution in [2.75, 3.05) is 13.7 Å². The number of hydrogen-bond acceptors (Lipinski definition) is 10. The first-order valence-electron chi connectivity index (χ1n) is 16.4. The van der Waals surface area contributed by atoms with Gasteiger partial charge in [-0.1, -0.05) is 26.8 Å². The first-order valence-corrected chi connectivity index (χ1v) is 17.3. The number of thiazole rings is 1. The number of aromatic nitrogens is 2. The third-order valence-corrected chi connectivity index (χ3v) is 9.58. The largest absolute Gasteiger partial charge is 0.497 e. The number of carbonyl (C=O) groups is 4. The standard InChI is InChI=1S/C36H45N5O8S/c1-10-20-16-36(20,32(44)45)40-30(42)27-14-22(17-41(27)31(43)29(34(3,4)5)39-33(46)49-35(6,7)8)48-28-15-25(26-18-50-19(2)37-26)38-24-13-21(47-9)11-12-23(24)28/h10-13,15,18,20,22,27,29H,1,14,16-17H2,2-9H3,(H,39,46)(H,40,42)(H,44,45)/t20-,22+,27-,29+,36?/m0/s1. The number of rotatable bonds is 10. The Morgan fingerprint density at radius 2 is 1.84 bits per heavy atom. The van der Waals surface area contributed by atoms with Crippen LogP contribution in [0.1, 0.15) is 59.4 Å². The molecular formula is C36H45N5O8S. The second-order valence-electron chi connectivity index (χ2n) is 14.9. The smallest absolute Gasteiger partial charge is 0.408 e. The van der Waals surface area contributed by atoms with Crippen LogP contribution in [0, 0.1) is 18.3 Å². The Morgan fingerprint density at radius 1 is 1.12 bits per heavy atom. The van der Waals surface area contributed by atoms with Crippen LogP contribution in [0.3, 0.4) is 0 Å². The molecule has 2 aromatic heterocycles. The summed E-state index contributed by atoms with van der Waals surface area (Å²) in [5.41, 5.74) is -1.26. The highest BCUT2D eigenvalue weighted by molar-refractivity contribution is 7.09. The maximum Gasteiger partial charge on any atom is 0.408 e. The van der Waals surface area contributed by atoms with E-state index in [1.165, 1.54) is 22.3 Å². The van der Waals surface area contributed by atoms with Crippen molar-refractivity contribution >= 4 is 46.1 Å². The second-order valence-corrected chi connectivity index (χ2v) is 15.9. The molecule has 1 saturated heterocycles. The topological polar surface area (TPSA) is 169 Å². The number of nitrogens with zero attached hydrogens (tertiary/aromatic N) is 3. The van der Waals surface area contributed by atoms with E-state index in [0.717, 1.165) is 5.01 Å². The molecule has 13 nitrogen and oxygen atoms in total. The van der Waals surface area contributed by atoms with Crippen LogP contribution in [0.25, 0.3) is 22.3 Å². The van der Waals surface area contributed by atoms with Gasteiger partial charge in [-0.2, -0.15) is 0 Å². The third kappa shape index (κ3) is 7.69. The number of alkyl carbamates (subject to hydrolysis) is 1. The van der Waals surface area contributed by atoms with Gasteiger partial charge >= 0.3 is 12.1 Å². The highest BCUT2D eigenvalue weighted by Crippen LogP contribution is 2.45. The summed E-state index contributed by atoms with van der Waals surface area (Å²) in [6, 6.07) is 5.00. The monoisotopic (exact) mass is 707 g/mol. The van der Waals surface area contributed by atoms with Crippen molar-refractivity contribution in [2.45, 2.75) is 90.6 Å². The van der Waals surface area contributed by atoms with E-state index in [1.54, 1.807) is 66.9 Å². The van der Waals surface area contributed by atoms with Gasteiger partial charge in [-0.3, -0.25) is 9.59 Å². The number of methoxy groups -OCH3 is 1. The fourth-order valence-electron chi connectivity index (χ4n) is 6.13. The lowest BCUT2D eigenvalue weighted by Crippen LogP contribution is -2.59. The number of aryl methyl sites for hydroxylation is 1. The summed E-state index contributed by atoms with van der Waals surface area (Å²) in [7, 11) is 1.57. The Labute approximate surface area is 295 Å². The minimum absolute atomic E-state index is 0.0183. The number of hydrogen-bond donors (Lipinski definition) is 3. The minimum atomic E-state index is -1.51. The molecule has 3 amide bonds. The molecule has 0 radical (unpaired) electrons. The van der Waals surface area contributed by atoms with Gasteiger partial charge in [-0.05, 0) is 51.7 Å². The lowest BCUT2D eigenvalue weighted by molar-refractivity contribution is -0.146. The summed E-state index contributed by atoms with van der Waals surface area (Å²) in [4.78, 5) is 64.4. The summed E-state index contributed by atoms with van der Waals surface area (Å²) in [6.45, 7) is 16.1. The molecule has 5 atom stereocenters. The van der Waals surface area contributed by atoms with Gasteiger partial charge in [0.15, 0.2) is 0 Å².